The number of rotatable bonds is 5. The molecular formula is C12H20N2O. The van der Waals surface area contributed by atoms with Gasteiger partial charge < -0.3 is 15.3 Å². The lowest BCUT2D eigenvalue weighted by molar-refractivity contribution is 0.284. The summed E-state index contributed by atoms with van der Waals surface area (Å²) in [6.45, 7) is 0.918. The van der Waals surface area contributed by atoms with Crippen molar-refractivity contribution < 1.29 is 5.11 Å². The zero-order valence-electron chi connectivity index (χ0n) is 9.70. The van der Waals surface area contributed by atoms with E-state index in [1.807, 2.05) is 25.2 Å². The summed E-state index contributed by atoms with van der Waals surface area (Å²) in [7, 11) is 6.06. The Balaban J connectivity index is 2.69. The number of benzene rings is 1. The fourth-order valence-electron chi connectivity index (χ4n) is 1.61. The van der Waals surface area contributed by atoms with Crippen LogP contribution in [0.15, 0.2) is 24.3 Å². The number of hydrogen-bond acceptors (Lipinski definition) is 3. The molecule has 0 radical (unpaired) electrons. The molecule has 1 atom stereocenters. The smallest absolute Gasteiger partial charge is 0.118 e. The van der Waals surface area contributed by atoms with Crippen molar-refractivity contribution in [2.45, 2.75) is 12.5 Å². The molecule has 84 valence electrons. The number of hydrogen-bond donors (Lipinski definition) is 2. The first kappa shape index (κ1) is 12.0. The average molecular weight is 208 g/mol. The summed E-state index contributed by atoms with van der Waals surface area (Å²) in [6, 6.07) is 7.93. The highest BCUT2D eigenvalue weighted by Crippen LogP contribution is 2.18. The lowest BCUT2D eigenvalue weighted by Gasteiger charge is -2.24. The zero-order chi connectivity index (χ0) is 11.3. The van der Waals surface area contributed by atoms with E-state index in [1.54, 1.807) is 6.07 Å². The molecule has 2 N–H and O–H groups in total. The van der Waals surface area contributed by atoms with Gasteiger partial charge in [-0.1, -0.05) is 18.2 Å². The number of para-hydroxylation sites is 1. The van der Waals surface area contributed by atoms with E-state index < -0.39 is 0 Å². The monoisotopic (exact) mass is 208 g/mol. The molecular weight excluding hydrogens is 188 g/mol. The van der Waals surface area contributed by atoms with E-state index in [9.17, 15) is 5.11 Å². The summed E-state index contributed by atoms with van der Waals surface area (Å²) in [5.41, 5.74) is 1.01. The van der Waals surface area contributed by atoms with Crippen molar-refractivity contribution in [2.75, 3.05) is 27.7 Å². The quantitative estimate of drug-likeness (QED) is 0.760. The maximum Gasteiger partial charge on any atom is 0.118 e. The van der Waals surface area contributed by atoms with Crippen molar-refractivity contribution >= 4 is 0 Å². The van der Waals surface area contributed by atoms with Gasteiger partial charge in [-0.15, -0.1) is 0 Å². The fourth-order valence-corrected chi connectivity index (χ4v) is 1.61. The van der Waals surface area contributed by atoms with Crippen molar-refractivity contribution in [1.29, 1.82) is 0 Å². The molecule has 0 bridgehead atoms. The highest BCUT2D eigenvalue weighted by Gasteiger charge is 2.12. The maximum absolute atomic E-state index is 9.67. The Bertz CT molecular complexity index is 299. The summed E-state index contributed by atoms with van der Waals surface area (Å²) in [4.78, 5) is 2.17. The molecule has 0 aliphatic heterocycles. The first-order valence-electron chi connectivity index (χ1n) is 5.23. The Morgan fingerprint density at radius 3 is 2.53 bits per heavy atom. The predicted octanol–water partition coefficient (Wildman–Crippen LogP) is 1.08. The van der Waals surface area contributed by atoms with Crippen LogP contribution >= 0.6 is 0 Å². The standard InChI is InChI=1S/C12H20N2O/c1-13-9-11(14(2)3)8-10-6-4-5-7-12(10)15/h4-7,11,13,15H,8-9H2,1-3H3. The van der Waals surface area contributed by atoms with Crippen molar-refractivity contribution in [2.24, 2.45) is 0 Å². The highest BCUT2D eigenvalue weighted by molar-refractivity contribution is 5.32. The van der Waals surface area contributed by atoms with Crippen molar-refractivity contribution in [3.63, 3.8) is 0 Å². The summed E-state index contributed by atoms with van der Waals surface area (Å²) in [6.07, 6.45) is 0.862. The number of nitrogens with zero attached hydrogens (tertiary/aromatic N) is 1. The molecule has 1 rings (SSSR count). The summed E-state index contributed by atoms with van der Waals surface area (Å²) >= 11 is 0. The Kier molecular flexibility index (Phi) is 4.59. The molecule has 1 unspecified atom stereocenters. The van der Waals surface area contributed by atoms with Gasteiger partial charge in [0.25, 0.3) is 0 Å². The van der Waals surface area contributed by atoms with Crippen LogP contribution in [0.25, 0.3) is 0 Å². The van der Waals surface area contributed by atoms with E-state index in [2.05, 4.69) is 24.3 Å². The van der Waals surface area contributed by atoms with Crippen LogP contribution in [-0.4, -0.2) is 43.7 Å². The van der Waals surface area contributed by atoms with Gasteiger partial charge in [0, 0.05) is 12.6 Å². The van der Waals surface area contributed by atoms with E-state index in [4.69, 9.17) is 0 Å². The second-order valence-electron chi connectivity index (χ2n) is 4.01. The molecule has 0 saturated heterocycles. The number of nitrogens with one attached hydrogen (secondary N) is 1. The van der Waals surface area contributed by atoms with Crippen molar-refractivity contribution in [1.82, 2.24) is 10.2 Å². The molecule has 1 aromatic rings. The van der Waals surface area contributed by atoms with Crippen molar-refractivity contribution in [3.05, 3.63) is 29.8 Å². The van der Waals surface area contributed by atoms with Crippen LogP contribution in [0.5, 0.6) is 5.75 Å². The van der Waals surface area contributed by atoms with Crippen LogP contribution in [0.3, 0.4) is 0 Å². The van der Waals surface area contributed by atoms with Crippen LogP contribution in [0.1, 0.15) is 5.56 Å². The summed E-state index contributed by atoms with van der Waals surface area (Å²) < 4.78 is 0. The van der Waals surface area contributed by atoms with Gasteiger partial charge in [0.05, 0.1) is 0 Å². The molecule has 15 heavy (non-hydrogen) atoms. The van der Waals surface area contributed by atoms with Crippen LogP contribution < -0.4 is 5.32 Å². The molecule has 0 aromatic heterocycles. The molecule has 0 spiro atoms. The fraction of sp³-hybridized carbons (Fsp3) is 0.500. The first-order valence-corrected chi connectivity index (χ1v) is 5.23. The van der Waals surface area contributed by atoms with Crippen LogP contribution in [0.2, 0.25) is 0 Å². The van der Waals surface area contributed by atoms with E-state index >= 15 is 0 Å². The summed E-state index contributed by atoms with van der Waals surface area (Å²) in [5, 5.41) is 12.8. The van der Waals surface area contributed by atoms with Crippen LogP contribution in [0, 0.1) is 0 Å². The Labute approximate surface area is 91.7 Å². The SMILES string of the molecule is CNCC(Cc1ccccc1O)N(C)C. The maximum atomic E-state index is 9.67. The molecule has 3 heteroatoms. The van der Waals surface area contributed by atoms with Gasteiger partial charge in [-0.2, -0.15) is 0 Å². The molecule has 0 aliphatic rings. The van der Waals surface area contributed by atoms with Crippen molar-refractivity contribution in [3.8, 4) is 5.75 Å². The highest BCUT2D eigenvalue weighted by atomic mass is 16.3. The van der Waals surface area contributed by atoms with E-state index in [1.165, 1.54) is 0 Å². The Morgan fingerprint density at radius 1 is 1.33 bits per heavy atom. The first-order chi connectivity index (χ1) is 7.15. The molecule has 1 aromatic carbocycles. The van der Waals surface area contributed by atoms with Gasteiger partial charge in [-0.05, 0) is 39.2 Å². The molecule has 0 heterocycles. The summed E-state index contributed by atoms with van der Waals surface area (Å²) in [5.74, 6) is 0.389. The van der Waals surface area contributed by atoms with Gasteiger partial charge in [0.15, 0.2) is 0 Å². The predicted molar refractivity (Wildman–Crippen MR) is 63.2 cm³/mol. The lowest BCUT2D eigenvalue weighted by atomic mass is 10.0. The zero-order valence-corrected chi connectivity index (χ0v) is 9.70. The Hall–Kier alpha value is -1.06. The Morgan fingerprint density at radius 2 is 2.00 bits per heavy atom. The van der Waals surface area contributed by atoms with E-state index in [0.717, 1.165) is 18.5 Å². The average Bonchev–Trinajstić information content (AvgIpc) is 2.20. The van der Waals surface area contributed by atoms with Crippen LogP contribution in [0.4, 0.5) is 0 Å². The molecule has 0 aliphatic carbocycles. The second-order valence-corrected chi connectivity index (χ2v) is 4.01. The minimum Gasteiger partial charge on any atom is -0.508 e. The molecule has 3 nitrogen and oxygen atoms in total. The van der Waals surface area contributed by atoms with E-state index in [0.29, 0.717) is 11.8 Å². The number of likely N-dealkylation sites (N-methyl/N-ethyl adjacent to an activating group) is 2. The van der Waals surface area contributed by atoms with Gasteiger partial charge >= 0.3 is 0 Å². The molecule has 0 fully saturated rings. The van der Waals surface area contributed by atoms with Gasteiger partial charge in [0.1, 0.15) is 5.75 Å². The minimum atomic E-state index is 0.389. The third-order valence-corrected chi connectivity index (χ3v) is 2.62. The lowest BCUT2D eigenvalue weighted by Crippen LogP contribution is -2.38. The third kappa shape index (κ3) is 3.53. The minimum absolute atomic E-state index is 0.389. The van der Waals surface area contributed by atoms with Crippen LogP contribution in [-0.2, 0) is 6.42 Å². The largest absolute Gasteiger partial charge is 0.508 e. The van der Waals surface area contributed by atoms with Gasteiger partial charge in [0.2, 0.25) is 0 Å². The number of phenols is 1. The van der Waals surface area contributed by atoms with E-state index in [-0.39, 0.29) is 0 Å². The van der Waals surface area contributed by atoms with Gasteiger partial charge in [-0.25, -0.2) is 0 Å². The number of phenolic OH excluding ortho intramolecular Hbond substituents is 1. The molecule has 0 amide bonds. The second kappa shape index (κ2) is 5.73. The number of aromatic hydroxyl groups is 1. The molecule has 0 saturated carbocycles. The van der Waals surface area contributed by atoms with Gasteiger partial charge in [-0.3, -0.25) is 0 Å². The topological polar surface area (TPSA) is 35.5 Å². The normalized spacial score (nSPS) is 13.1. The third-order valence-electron chi connectivity index (χ3n) is 2.62.